The Morgan fingerprint density at radius 1 is 0.492 bits per heavy atom. The number of aliphatic hydroxyl groups excluding tert-OH is 5. The van der Waals surface area contributed by atoms with E-state index in [-0.39, 0.29) is 12.8 Å². The summed E-state index contributed by atoms with van der Waals surface area (Å²) in [7, 11) is -5.14. The van der Waals surface area contributed by atoms with Gasteiger partial charge in [-0.1, -0.05) is 137 Å². The van der Waals surface area contributed by atoms with Gasteiger partial charge in [0.1, 0.15) is 43.2 Å². The van der Waals surface area contributed by atoms with Gasteiger partial charge in [-0.2, -0.15) is 0 Å². The number of phosphoric acid groups is 1. The molecule has 6 unspecified atom stereocenters. The average Bonchev–Trinajstić information content (AvgIpc) is 3.26. The highest BCUT2D eigenvalue weighted by Crippen LogP contribution is 2.47. The highest BCUT2D eigenvalue weighted by atomic mass is 31.2. The largest absolute Gasteiger partial charge is 0.472 e. The number of carbonyl (C=O) groups excluding carboxylic acids is 2. The van der Waals surface area contributed by atoms with E-state index in [9.17, 15) is 44.6 Å². The van der Waals surface area contributed by atoms with Gasteiger partial charge in [-0.3, -0.25) is 18.6 Å². The van der Waals surface area contributed by atoms with Crippen LogP contribution in [-0.4, -0.2) is 98.3 Å². The van der Waals surface area contributed by atoms with Gasteiger partial charge in [-0.25, -0.2) is 4.57 Å². The molecule has 0 aromatic rings. The Hall–Kier alpha value is -3.23. The third-order valence-electron chi connectivity index (χ3n) is 9.92. The molecule has 0 radical (unpaired) electrons. The minimum Gasteiger partial charge on any atom is -0.462 e. The molecule has 1 fully saturated rings. The fourth-order valence-corrected chi connectivity index (χ4v) is 7.24. The zero-order valence-electron chi connectivity index (χ0n) is 37.8. The molecule has 0 bridgehead atoms. The molecule has 6 N–H and O–H groups in total. The Morgan fingerprint density at radius 2 is 0.857 bits per heavy atom. The summed E-state index contributed by atoms with van der Waals surface area (Å²) >= 11 is 0. The third-order valence-corrected chi connectivity index (χ3v) is 10.9. The Balaban J connectivity index is 2.51. The Kier molecular flexibility index (Phi) is 34.9. The molecule has 1 rings (SSSR count). The first-order valence-electron chi connectivity index (χ1n) is 23.0. The van der Waals surface area contributed by atoms with E-state index in [1.807, 2.05) is 0 Å². The quantitative estimate of drug-likeness (QED) is 0.0150. The zero-order valence-corrected chi connectivity index (χ0v) is 38.7. The van der Waals surface area contributed by atoms with Crippen LogP contribution >= 0.6 is 7.82 Å². The lowest BCUT2D eigenvalue weighted by molar-refractivity contribution is -0.220. The highest BCUT2D eigenvalue weighted by Gasteiger charge is 2.51. The lowest BCUT2D eigenvalue weighted by Crippen LogP contribution is -2.64. The third kappa shape index (κ3) is 30.5. The van der Waals surface area contributed by atoms with E-state index in [1.165, 1.54) is 0 Å². The van der Waals surface area contributed by atoms with Crippen LogP contribution in [0, 0.1) is 0 Å². The van der Waals surface area contributed by atoms with Crippen molar-refractivity contribution >= 4 is 19.8 Å². The van der Waals surface area contributed by atoms with Gasteiger partial charge in [0.15, 0.2) is 6.10 Å². The normalized spacial score (nSPS) is 22.6. The molecule has 0 aromatic heterocycles. The second-order valence-electron chi connectivity index (χ2n) is 15.5. The lowest BCUT2D eigenvalue weighted by atomic mass is 9.85. The monoisotopic (exact) mass is 907 g/mol. The van der Waals surface area contributed by atoms with Crippen molar-refractivity contribution in [2.75, 3.05) is 13.2 Å². The summed E-state index contributed by atoms with van der Waals surface area (Å²) in [6, 6.07) is 0. The van der Waals surface area contributed by atoms with Crippen LogP contribution < -0.4 is 0 Å². The highest BCUT2D eigenvalue weighted by molar-refractivity contribution is 7.47. The smallest absolute Gasteiger partial charge is 0.462 e. The first-order valence-corrected chi connectivity index (χ1v) is 24.5. The van der Waals surface area contributed by atoms with E-state index in [4.69, 9.17) is 18.5 Å². The van der Waals surface area contributed by atoms with Crippen LogP contribution in [0.15, 0.2) is 97.2 Å². The van der Waals surface area contributed by atoms with E-state index in [0.29, 0.717) is 12.8 Å². The molecule has 0 aromatic carbocycles. The number of hydrogen-bond acceptors (Lipinski definition) is 12. The molecule has 14 heteroatoms. The van der Waals surface area contributed by atoms with Crippen molar-refractivity contribution in [1.29, 1.82) is 0 Å². The first-order chi connectivity index (χ1) is 30.4. The Labute approximate surface area is 377 Å². The summed E-state index contributed by atoms with van der Waals surface area (Å²) < 4.78 is 33.5. The van der Waals surface area contributed by atoms with Crippen LogP contribution in [0.1, 0.15) is 142 Å². The van der Waals surface area contributed by atoms with Gasteiger partial charge in [-0.15, -0.1) is 0 Å². The van der Waals surface area contributed by atoms with Crippen LogP contribution in [0.2, 0.25) is 0 Å². The molecule has 13 nitrogen and oxygen atoms in total. The first kappa shape index (κ1) is 57.8. The summed E-state index contributed by atoms with van der Waals surface area (Å²) in [5, 5.41) is 50.2. The predicted octanol–water partition coefficient (Wildman–Crippen LogP) is 9.05. The second-order valence-corrected chi connectivity index (χ2v) is 16.9. The molecule has 6 atom stereocenters. The van der Waals surface area contributed by atoms with Gasteiger partial charge in [0.05, 0.1) is 6.61 Å². The number of esters is 2. The van der Waals surface area contributed by atoms with Crippen molar-refractivity contribution < 1.29 is 63.1 Å². The number of unbranched alkanes of at least 4 members (excludes halogenated alkanes) is 8. The van der Waals surface area contributed by atoms with Gasteiger partial charge < -0.3 is 39.9 Å². The standard InChI is InChI=1S/C49H79O13P/c1-3-5-7-9-11-13-15-17-19-21-23-25-27-29-31-33-35-37-42(50)59-39-41(40-60-63(57,58)62-49-47(55)45(53)44(52)46(54)48(49)56)61-43(51)38-36-34-32-30-28-26-24-22-20-18-16-14-12-10-8-6-4-2/h5-8,11-14,17-20,23-26,41,44-49,52-56H,3-4,9-10,15-16,21-22,27-40H2,1-2H3,(H,57,58)/b7-5-,8-6-,13-11-,14-12-,19-17-,20-18-,25-23-,26-24-. The average molecular weight is 907 g/mol. The maximum atomic E-state index is 12.8. The molecule has 0 spiro atoms. The second kappa shape index (κ2) is 38.1. The number of rotatable bonds is 36. The van der Waals surface area contributed by atoms with Crippen LogP contribution in [-0.2, 0) is 32.7 Å². The van der Waals surface area contributed by atoms with Crippen molar-refractivity contribution in [1.82, 2.24) is 0 Å². The summed E-state index contributed by atoms with van der Waals surface area (Å²) in [4.78, 5) is 35.7. The number of phosphoric ester groups is 1. The molecular formula is C49H79O13P. The summed E-state index contributed by atoms with van der Waals surface area (Å²) in [6.07, 6.45) is 37.4. The summed E-state index contributed by atoms with van der Waals surface area (Å²) in [5.74, 6) is -1.17. The Bertz CT molecular complexity index is 1470. The van der Waals surface area contributed by atoms with Gasteiger partial charge in [0, 0.05) is 12.8 Å². The van der Waals surface area contributed by atoms with Crippen molar-refractivity contribution in [3.63, 3.8) is 0 Å². The topological polar surface area (TPSA) is 210 Å². The van der Waals surface area contributed by atoms with Gasteiger partial charge in [0.2, 0.25) is 0 Å². The van der Waals surface area contributed by atoms with Crippen molar-refractivity contribution in [3.8, 4) is 0 Å². The minimum atomic E-state index is -5.14. The Morgan fingerprint density at radius 3 is 1.29 bits per heavy atom. The number of aliphatic hydroxyl groups is 5. The van der Waals surface area contributed by atoms with E-state index in [2.05, 4.69) is 111 Å². The molecule has 0 saturated heterocycles. The zero-order chi connectivity index (χ0) is 46.4. The number of allylic oxidation sites excluding steroid dienone is 16. The fraction of sp³-hybridized carbons (Fsp3) is 0.633. The van der Waals surface area contributed by atoms with Crippen molar-refractivity contribution in [3.05, 3.63) is 97.2 Å². The molecule has 0 amide bonds. The van der Waals surface area contributed by atoms with E-state index < -0.39 is 75.7 Å². The van der Waals surface area contributed by atoms with Gasteiger partial charge in [0.25, 0.3) is 0 Å². The van der Waals surface area contributed by atoms with Crippen LogP contribution in [0.3, 0.4) is 0 Å². The molecule has 358 valence electrons. The molecule has 0 heterocycles. The van der Waals surface area contributed by atoms with Crippen LogP contribution in [0.25, 0.3) is 0 Å². The van der Waals surface area contributed by atoms with Gasteiger partial charge >= 0.3 is 19.8 Å². The predicted molar refractivity (Wildman–Crippen MR) is 248 cm³/mol. The maximum Gasteiger partial charge on any atom is 0.472 e. The molecular weight excluding hydrogens is 827 g/mol. The minimum absolute atomic E-state index is 0.0567. The van der Waals surface area contributed by atoms with E-state index in [1.54, 1.807) is 0 Å². The van der Waals surface area contributed by atoms with Crippen LogP contribution in [0.4, 0.5) is 0 Å². The molecule has 1 aliphatic carbocycles. The van der Waals surface area contributed by atoms with Crippen molar-refractivity contribution in [2.45, 2.75) is 185 Å². The molecule has 63 heavy (non-hydrogen) atoms. The fourth-order valence-electron chi connectivity index (χ4n) is 6.27. The maximum absolute atomic E-state index is 12.8. The molecule has 0 aliphatic heterocycles. The van der Waals surface area contributed by atoms with Gasteiger partial charge in [-0.05, 0) is 89.9 Å². The van der Waals surface area contributed by atoms with Crippen LogP contribution in [0.5, 0.6) is 0 Å². The SMILES string of the molecule is CC/C=C\C/C=C\C/C=C\C/C=C\CCCCCCC(=O)OCC(COP(=O)(O)OC1C(O)C(O)C(O)C(O)C1O)OC(=O)CCCCCC/C=C\C/C=C\C/C=C\C/C=C\CC. The van der Waals surface area contributed by atoms with Crippen molar-refractivity contribution in [2.24, 2.45) is 0 Å². The number of carbonyl (C=O) groups is 2. The lowest BCUT2D eigenvalue weighted by Gasteiger charge is -2.41. The van der Waals surface area contributed by atoms with E-state index in [0.717, 1.165) is 103 Å². The summed E-state index contributed by atoms with van der Waals surface area (Å²) in [5.41, 5.74) is 0. The molecule has 1 aliphatic rings. The number of hydrogen-bond donors (Lipinski definition) is 6. The molecule has 1 saturated carbocycles. The summed E-state index contributed by atoms with van der Waals surface area (Å²) in [6.45, 7) is 3.01. The number of ether oxygens (including phenoxy) is 2. The van der Waals surface area contributed by atoms with E-state index >= 15 is 0 Å².